The molecule has 4 aliphatic carbocycles. The second kappa shape index (κ2) is 13.1. The first kappa shape index (κ1) is 28.1. The lowest BCUT2D eigenvalue weighted by Gasteiger charge is -2.61. The predicted octanol–water partition coefficient (Wildman–Crippen LogP) is 6.80. The van der Waals surface area contributed by atoms with Crippen LogP contribution in [-0.4, -0.2) is 30.5 Å². The van der Waals surface area contributed by atoms with E-state index in [4.69, 9.17) is 15.9 Å². The van der Waals surface area contributed by atoms with Gasteiger partial charge in [-0.3, -0.25) is 0 Å². The Morgan fingerprint density at radius 2 is 1.59 bits per heavy atom. The van der Waals surface area contributed by atoms with Crippen molar-refractivity contribution in [2.24, 2.45) is 52.1 Å². The third kappa shape index (κ3) is 5.74. The van der Waals surface area contributed by atoms with Crippen LogP contribution >= 0.6 is 0 Å². The van der Waals surface area contributed by atoms with Crippen molar-refractivity contribution in [3.8, 4) is 0 Å². The molecule has 4 aliphatic rings. The van der Waals surface area contributed by atoms with Gasteiger partial charge in [0, 0.05) is 13.7 Å². The average Bonchev–Trinajstić information content (AvgIpc) is 3.16. The maximum Gasteiger partial charge on any atom is 0.0430 e. The molecule has 0 aromatic rings. The van der Waals surface area contributed by atoms with Crippen LogP contribution in [-0.2, 0) is 0 Å². The molecule has 4 N–H and O–H groups in total. The van der Waals surface area contributed by atoms with Crippen LogP contribution in [0.15, 0.2) is 0 Å². The first-order valence-corrected chi connectivity index (χ1v) is 14.2. The Hall–Kier alpha value is -0.120. The Morgan fingerprint density at radius 3 is 2.22 bits per heavy atom. The minimum atomic E-state index is 0.344. The molecular formula is C29H57NO2. The van der Waals surface area contributed by atoms with E-state index in [1.54, 1.807) is 32.1 Å². The molecule has 3 nitrogen and oxygen atoms in total. The summed E-state index contributed by atoms with van der Waals surface area (Å²) in [6.07, 6.45) is 20.0. The molecule has 0 aliphatic heterocycles. The van der Waals surface area contributed by atoms with Gasteiger partial charge in [-0.2, -0.15) is 0 Å². The molecule has 0 heterocycles. The molecule has 190 valence electrons. The Morgan fingerprint density at radius 1 is 0.875 bits per heavy atom. The van der Waals surface area contributed by atoms with Gasteiger partial charge in [0.1, 0.15) is 0 Å². The van der Waals surface area contributed by atoms with Crippen LogP contribution in [0.2, 0.25) is 0 Å². The average molecular weight is 452 g/mol. The van der Waals surface area contributed by atoms with Gasteiger partial charge >= 0.3 is 0 Å². The highest BCUT2D eigenvalue weighted by molar-refractivity contribution is 5.09. The number of rotatable bonds is 6. The van der Waals surface area contributed by atoms with Crippen molar-refractivity contribution in [2.75, 3.05) is 20.3 Å². The quantitative estimate of drug-likeness (QED) is 0.416. The fourth-order valence-electron chi connectivity index (χ4n) is 9.07. The first-order valence-electron chi connectivity index (χ1n) is 14.2. The van der Waals surface area contributed by atoms with Crippen LogP contribution in [0.5, 0.6) is 0 Å². The minimum Gasteiger partial charge on any atom is -0.400 e. The molecule has 0 aromatic heterocycles. The lowest BCUT2D eigenvalue weighted by Crippen LogP contribution is -2.53. The van der Waals surface area contributed by atoms with Crippen molar-refractivity contribution < 1.29 is 10.2 Å². The molecule has 32 heavy (non-hydrogen) atoms. The molecule has 3 heteroatoms. The zero-order chi connectivity index (χ0) is 23.8. The van der Waals surface area contributed by atoms with E-state index in [1.807, 2.05) is 0 Å². The molecular weight excluding hydrogens is 394 g/mol. The van der Waals surface area contributed by atoms with Gasteiger partial charge in [0.25, 0.3) is 0 Å². The monoisotopic (exact) mass is 451 g/mol. The molecule has 0 saturated heterocycles. The maximum atomic E-state index is 8.07. The molecule has 4 fully saturated rings. The second-order valence-electron chi connectivity index (χ2n) is 12.1. The standard InChI is InChI=1S/C24H43N.C4H10O.CH4O/c1-17(7-6-16-25)20-11-12-21-19-10-9-18-8-4-5-14-23(18,2)22(19)13-15-24(20,21)3;1-2-3-4-5;1-2/h17-22H,4-16,25H2,1-3H3;5H,2-4H2,1H3;2H,1H3/t17-,18?,19?,20?,21?,22?,23?,24?;;/m1../s1. The number of hydrogen-bond acceptors (Lipinski definition) is 3. The van der Waals surface area contributed by atoms with E-state index < -0.39 is 0 Å². The minimum absolute atomic E-state index is 0.344. The van der Waals surface area contributed by atoms with Crippen molar-refractivity contribution in [1.82, 2.24) is 0 Å². The van der Waals surface area contributed by atoms with Crippen LogP contribution < -0.4 is 5.73 Å². The summed E-state index contributed by atoms with van der Waals surface area (Å²) in [6, 6.07) is 0. The summed E-state index contributed by atoms with van der Waals surface area (Å²) in [5.74, 6) is 6.08. The summed E-state index contributed by atoms with van der Waals surface area (Å²) in [4.78, 5) is 0. The molecule has 0 bridgehead atoms. The van der Waals surface area contributed by atoms with E-state index in [9.17, 15) is 0 Å². The highest BCUT2D eigenvalue weighted by Gasteiger charge is 2.59. The fourth-order valence-corrected chi connectivity index (χ4v) is 9.07. The molecule has 7 unspecified atom stereocenters. The summed E-state index contributed by atoms with van der Waals surface area (Å²) in [6.45, 7) is 11.2. The van der Waals surface area contributed by atoms with Crippen molar-refractivity contribution in [2.45, 2.75) is 118 Å². The van der Waals surface area contributed by atoms with Gasteiger partial charge in [-0.25, -0.2) is 0 Å². The summed E-state index contributed by atoms with van der Waals surface area (Å²) < 4.78 is 0. The Kier molecular flexibility index (Phi) is 11.5. The van der Waals surface area contributed by atoms with Crippen LogP contribution in [0.4, 0.5) is 0 Å². The van der Waals surface area contributed by atoms with Crippen molar-refractivity contribution in [3.05, 3.63) is 0 Å². The van der Waals surface area contributed by atoms with Gasteiger partial charge in [0.05, 0.1) is 0 Å². The summed E-state index contributed by atoms with van der Waals surface area (Å²) >= 11 is 0. The molecule has 0 radical (unpaired) electrons. The number of hydrogen-bond donors (Lipinski definition) is 3. The van der Waals surface area contributed by atoms with E-state index in [-0.39, 0.29) is 0 Å². The summed E-state index contributed by atoms with van der Waals surface area (Å²) in [5.41, 5.74) is 7.15. The largest absolute Gasteiger partial charge is 0.400 e. The van der Waals surface area contributed by atoms with Crippen LogP contribution in [0.3, 0.4) is 0 Å². The van der Waals surface area contributed by atoms with E-state index in [0.29, 0.717) is 17.4 Å². The second-order valence-corrected chi connectivity index (χ2v) is 12.1. The topological polar surface area (TPSA) is 66.5 Å². The number of aliphatic hydroxyl groups is 2. The normalized spacial score (nSPS) is 41.1. The maximum absolute atomic E-state index is 8.07. The van der Waals surface area contributed by atoms with Gasteiger partial charge in [-0.1, -0.05) is 47.0 Å². The van der Waals surface area contributed by atoms with Gasteiger partial charge < -0.3 is 15.9 Å². The van der Waals surface area contributed by atoms with Gasteiger partial charge in [0.15, 0.2) is 0 Å². The molecule has 4 saturated carbocycles. The SMILES string of the molecule is CCCCO.CO.C[C@H](CCCN)C1CCC2C3CCC4CCCCC4(C)C3CCC21C. The highest BCUT2D eigenvalue weighted by atomic mass is 16.3. The van der Waals surface area contributed by atoms with Gasteiger partial charge in [-0.05, 0) is 124 Å². The lowest BCUT2D eigenvalue weighted by molar-refractivity contribution is -0.114. The third-order valence-corrected chi connectivity index (χ3v) is 10.7. The number of aliphatic hydroxyl groups excluding tert-OH is 2. The molecule has 0 spiro atoms. The van der Waals surface area contributed by atoms with Crippen LogP contribution in [0, 0.1) is 46.3 Å². The summed E-state index contributed by atoms with van der Waals surface area (Å²) in [5, 5.41) is 15.1. The Labute approximate surface area is 200 Å². The van der Waals surface area contributed by atoms with Gasteiger partial charge in [-0.15, -0.1) is 0 Å². The summed E-state index contributed by atoms with van der Waals surface area (Å²) in [7, 11) is 1.00. The first-order chi connectivity index (χ1) is 15.4. The Bertz CT molecular complexity index is 523. The Balaban J connectivity index is 0.000000460. The van der Waals surface area contributed by atoms with Crippen LogP contribution in [0.1, 0.15) is 118 Å². The highest BCUT2D eigenvalue weighted by Crippen LogP contribution is 2.68. The van der Waals surface area contributed by atoms with Crippen LogP contribution in [0.25, 0.3) is 0 Å². The van der Waals surface area contributed by atoms with Crippen molar-refractivity contribution in [3.63, 3.8) is 0 Å². The predicted molar refractivity (Wildman–Crippen MR) is 137 cm³/mol. The smallest absolute Gasteiger partial charge is 0.0430 e. The number of nitrogens with two attached hydrogens (primary N) is 1. The molecule has 0 amide bonds. The van der Waals surface area contributed by atoms with E-state index in [1.165, 1.54) is 44.9 Å². The molecule has 4 rings (SSSR count). The third-order valence-electron chi connectivity index (χ3n) is 10.7. The zero-order valence-electron chi connectivity index (χ0n) is 22.2. The number of fused-ring (bicyclic) bond motifs is 5. The lowest BCUT2D eigenvalue weighted by atomic mass is 9.44. The number of unbranched alkanes of at least 4 members (excludes halogenated alkanes) is 1. The molecule has 0 aromatic carbocycles. The van der Waals surface area contributed by atoms with Crippen molar-refractivity contribution in [1.29, 1.82) is 0 Å². The fraction of sp³-hybridized carbons (Fsp3) is 1.00. The van der Waals surface area contributed by atoms with E-state index >= 15 is 0 Å². The zero-order valence-corrected chi connectivity index (χ0v) is 22.2. The van der Waals surface area contributed by atoms with E-state index in [2.05, 4.69) is 27.7 Å². The van der Waals surface area contributed by atoms with Crippen molar-refractivity contribution >= 4 is 0 Å². The molecule has 8 atom stereocenters. The van der Waals surface area contributed by atoms with E-state index in [0.717, 1.165) is 62.0 Å². The van der Waals surface area contributed by atoms with Gasteiger partial charge in [0.2, 0.25) is 0 Å².